The van der Waals surface area contributed by atoms with Crippen molar-refractivity contribution in [1.82, 2.24) is 4.57 Å². The van der Waals surface area contributed by atoms with E-state index in [9.17, 15) is 5.11 Å². The third-order valence-corrected chi connectivity index (χ3v) is 4.19. The van der Waals surface area contributed by atoms with Crippen molar-refractivity contribution in [2.24, 2.45) is 0 Å². The first kappa shape index (κ1) is 13.5. The van der Waals surface area contributed by atoms with Crippen molar-refractivity contribution in [2.45, 2.75) is 0 Å². The van der Waals surface area contributed by atoms with Crippen LogP contribution in [-0.4, -0.2) is 16.8 Å². The number of hydrogen-bond donors (Lipinski definition) is 2. The standard InChI is InChI=1S/C19H16N2O2/c1-23-19-10-12(6-7-16(19)20)21-9-8-14-13-4-2-3-5-15(13)18(22)11-17(14)21/h2-11,22H,20H2,1H3. The molecule has 0 spiro atoms. The van der Waals surface area contributed by atoms with Crippen LogP contribution in [0.25, 0.3) is 27.4 Å². The summed E-state index contributed by atoms with van der Waals surface area (Å²) in [5.41, 5.74) is 8.36. The Labute approximate surface area is 133 Å². The van der Waals surface area contributed by atoms with Gasteiger partial charge in [0.1, 0.15) is 11.5 Å². The van der Waals surface area contributed by atoms with Crippen LogP contribution < -0.4 is 10.5 Å². The molecule has 0 saturated heterocycles. The summed E-state index contributed by atoms with van der Waals surface area (Å²) in [6.07, 6.45) is 1.99. The molecule has 4 nitrogen and oxygen atoms in total. The molecule has 0 fully saturated rings. The van der Waals surface area contributed by atoms with Crippen LogP contribution in [0.3, 0.4) is 0 Å². The summed E-state index contributed by atoms with van der Waals surface area (Å²) in [7, 11) is 1.60. The van der Waals surface area contributed by atoms with Crippen LogP contribution in [0, 0.1) is 0 Å². The van der Waals surface area contributed by atoms with E-state index in [1.54, 1.807) is 13.2 Å². The Bertz CT molecular complexity index is 1030. The summed E-state index contributed by atoms with van der Waals surface area (Å²) in [5, 5.41) is 13.3. The molecule has 0 radical (unpaired) electrons. The zero-order valence-corrected chi connectivity index (χ0v) is 12.7. The first-order chi connectivity index (χ1) is 11.2. The van der Waals surface area contributed by atoms with Gasteiger partial charge >= 0.3 is 0 Å². The van der Waals surface area contributed by atoms with Crippen LogP contribution in [0.4, 0.5) is 5.69 Å². The number of fused-ring (bicyclic) bond motifs is 3. The van der Waals surface area contributed by atoms with Crippen LogP contribution in [0.2, 0.25) is 0 Å². The molecule has 23 heavy (non-hydrogen) atoms. The zero-order chi connectivity index (χ0) is 16.0. The number of nitrogens with zero attached hydrogens (tertiary/aromatic N) is 1. The Morgan fingerprint density at radius 2 is 1.74 bits per heavy atom. The Morgan fingerprint density at radius 1 is 0.957 bits per heavy atom. The number of aromatic hydroxyl groups is 1. The number of rotatable bonds is 2. The van der Waals surface area contributed by atoms with E-state index >= 15 is 0 Å². The molecular weight excluding hydrogens is 288 g/mol. The highest BCUT2D eigenvalue weighted by Crippen LogP contribution is 2.35. The number of benzene rings is 3. The number of phenolic OH excluding ortho intramolecular Hbond substituents is 1. The van der Waals surface area contributed by atoms with E-state index in [4.69, 9.17) is 10.5 Å². The highest BCUT2D eigenvalue weighted by molar-refractivity contribution is 6.09. The molecule has 114 valence electrons. The summed E-state index contributed by atoms with van der Waals surface area (Å²) < 4.78 is 7.32. The molecule has 0 saturated carbocycles. The van der Waals surface area contributed by atoms with Gasteiger partial charge in [0.15, 0.2) is 0 Å². The molecule has 0 bridgehead atoms. The zero-order valence-electron chi connectivity index (χ0n) is 12.7. The van der Waals surface area contributed by atoms with Gasteiger partial charge < -0.3 is 20.1 Å². The van der Waals surface area contributed by atoms with Crippen molar-refractivity contribution in [3.63, 3.8) is 0 Å². The fourth-order valence-corrected chi connectivity index (χ4v) is 3.04. The number of phenols is 1. The minimum atomic E-state index is 0.274. The summed E-state index contributed by atoms with van der Waals surface area (Å²) in [4.78, 5) is 0. The summed E-state index contributed by atoms with van der Waals surface area (Å²) >= 11 is 0. The maximum Gasteiger partial charge on any atom is 0.143 e. The van der Waals surface area contributed by atoms with Crippen molar-refractivity contribution in [2.75, 3.05) is 12.8 Å². The van der Waals surface area contributed by atoms with Crippen LogP contribution in [0.15, 0.2) is 60.8 Å². The molecule has 0 amide bonds. The normalized spacial score (nSPS) is 11.2. The van der Waals surface area contributed by atoms with Gasteiger partial charge in [-0.2, -0.15) is 0 Å². The minimum Gasteiger partial charge on any atom is -0.507 e. The van der Waals surface area contributed by atoms with E-state index < -0.39 is 0 Å². The monoisotopic (exact) mass is 304 g/mol. The molecular formula is C19H16N2O2. The van der Waals surface area contributed by atoms with Gasteiger partial charge in [-0.15, -0.1) is 0 Å². The van der Waals surface area contributed by atoms with Crippen molar-refractivity contribution >= 4 is 27.4 Å². The van der Waals surface area contributed by atoms with Gasteiger partial charge in [0.05, 0.1) is 18.3 Å². The topological polar surface area (TPSA) is 60.4 Å². The maximum absolute atomic E-state index is 10.3. The molecule has 4 aromatic rings. The van der Waals surface area contributed by atoms with E-state index in [0.717, 1.165) is 27.4 Å². The predicted octanol–water partition coefficient (Wildman–Crippen LogP) is 4.08. The van der Waals surface area contributed by atoms with Gasteiger partial charge in [-0.3, -0.25) is 0 Å². The SMILES string of the molecule is COc1cc(-n2ccc3c4ccccc4c(O)cc32)ccc1N. The number of aromatic nitrogens is 1. The van der Waals surface area contributed by atoms with Crippen LogP contribution >= 0.6 is 0 Å². The molecule has 4 heteroatoms. The summed E-state index contributed by atoms with van der Waals surface area (Å²) in [6.45, 7) is 0. The van der Waals surface area contributed by atoms with Crippen LogP contribution in [0.1, 0.15) is 0 Å². The second-order valence-electron chi connectivity index (χ2n) is 5.49. The first-order valence-electron chi connectivity index (χ1n) is 7.34. The Kier molecular flexibility index (Phi) is 2.91. The average molecular weight is 304 g/mol. The molecule has 1 aromatic heterocycles. The summed E-state index contributed by atoms with van der Waals surface area (Å²) in [6, 6.07) is 17.3. The highest BCUT2D eigenvalue weighted by Gasteiger charge is 2.11. The van der Waals surface area contributed by atoms with Crippen LogP contribution in [-0.2, 0) is 0 Å². The first-order valence-corrected chi connectivity index (χ1v) is 7.34. The summed E-state index contributed by atoms with van der Waals surface area (Å²) in [5.74, 6) is 0.907. The third-order valence-electron chi connectivity index (χ3n) is 4.19. The number of anilines is 1. The molecule has 4 rings (SSSR count). The van der Waals surface area contributed by atoms with Gasteiger partial charge in [0.25, 0.3) is 0 Å². The van der Waals surface area contributed by atoms with E-state index in [1.165, 1.54) is 0 Å². The lowest BCUT2D eigenvalue weighted by molar-refractivity contribution is 0.417. The Hall–Kier alpha value is -3.14. The second kappa shape index (κ2) is 4.95. The number of nitrogen functional groups attached to an aromatic ring is 1. The van der Waals surface area contributed by atoms with Gasteiger partial charge in [-0.05, 0) is 23.6 Å². The lowest BCUT2D eigenvalue weighted by Gasteiger charge is -2.11. The maximum atomic E-state index is 10.3. The predicted molar refractivity (Wildman–Crippen MR) is 93.4 cm³/mol. The number of hydrogen-bond acceptors (Lipinski definition) is 3. The van der Waals surface area contributed by atoms with Crippen molar-refractivity contribution in [3.05, 3.63) is 60.8 Å². The quantitative estimate of drug-likeness (QED) is 0.549. The number of ether oxygens (including phenoxy) is 1. The van der Waals surface area contributed by atoms with Gasteiger partial charge in [-0.1, -0.05) is 24.3 Å². The number of nitrogens with two attached hydrogens (primary N) is 1. The minimum absolute atomic E-state index is 0.274. The van der Waals surface area contributed by atoms with E-state index in [1.807, 2.05) is 53.2 Å². The van der Waals surface area contributed by atoms with Gasteiger partial charge in [0, 0.05) is 34.8 Å². The van der Waals surface area contributed by atoms with Gasteiger partial charge in [0.2, 0.25) is 0 Å². The molecule has 3 aromatic carbocycles. The molecule has 0 atom stereocenters. The fraction of sp³-hybridized carbons (Fsp3) is 0.0526. The lowest BCUT2D eigenvalue weighted by Crippen LogP contribution is -1.96. The highest BCUT2D eigenvalue weighted by atomic mass is 16.5. The lowest BCUT2D eigenvalue weighted by atomic mass is 10.1. The largest absolute Gasteiger partial charge is 0.507 e. The molecule has 0 aliphatic heterocycles. The van der Waals surface area contributed by atoms with E-state index in [0.29, 0.717) is 11.4 Å². The van der Waals surface area contributed by atoms with Crippen molar-refractivity contribution in [3.8, 4) is 17.2 Å². The molecule has 0 aliphatic carbocycles. The molecule has 0 unspecified atom stereocenters. The number of methoxy groups -OCH3 is 1. The Morgan fingerprint density at radius 3 is 2.52 bits per heavy atom. The third kappa shape index (κ3) is 1.99. The fourth-order valence-electron chi connectivity index (χ4n) is 3.04. The average Bonchev–Trinajstić information content (AvgIpc) is 2.99. The van der Waals surface area contributed by atoms with Crippen molar-refractivity contribution < 1.29 is 9.84 Å². The molecule has 1 heterocycles. The van der Waals surface area contributed by atoms with Crippen LogP contribution in [0.5, 0.6) is 11.5 Å². The van der Waals surface area contributed by atoms with Crippen molar-refractivity contribution in [1.29, 1.82) is 0 Å². The van der Waals surface area contributed by atoms with Gasteiger partial charge in [-0.25, -0.2) is 0 Å². The molecule has 3 N–H and O–H groups in total. The smallest absolute Gasteiger partial charge is 0.143 e. The molecule has 0 aliphatic rings. The van der Waals surface area contributed by atoms with E-state index in [-0.39, 0.29) is 5.75 Å². The Balaban J connectivity index is 2.02. The second-order valence-corrected chi connectivity index (χ2v) is 5.49. The van der Waals surface area contributed by atoms with E-state index in [2.05, 4.69) is 6.07 Å².